The number of ether oxygens (including phenoxy) is 2. The second kappa shape index (κ2) is 7.33. The minimum Gasteiger partial charge on any atom is -0.473 e. The topological polar surface area (TPSA) is 18.5 Å². The Balaban J connectivity index is 1.74. The summed E-state index contributed by atoms with van der Waals surface area (Å²) in [6.07, 6.45) is 2.09. The van der Waals surface area contributed by atoms with E-state index in [1.807, 2.05) is 91.0 Å². The number of benzene rings is 4. The first kappa shape index (κ1) is 17.3. The van der Waals surface area contributed by atoms with E-state index in [2.05, 4.69) is 30.3 Å². The van der Waals surface area contributed by atoms with Crippen LogP contribution in [0.3, 0.4) is 0 Å². The van der Waals surface area contributed by atoms with Crippen molar-refractivity contribution in [3.8, 4) is 11.5 Å². The molecule has 0 N–H and O–H groups in total. The predicted molar refractivity (Wildman–Crippen MR) is 116 cm³/mol. The van der Waals surface area contributed by atoms with E-state index in [0.29, 0.717) is 0 Å². The van der Waals surface area contributed by atoms with Crippen molar-refractivity contribution < 1.29 is 9.47 Å². The van der Waals surface area contributed by atoms with Gasteiger partial charge < -0.3 is 9.47 Å². The first-order valence-electron chi connectivity index (χ1n) is 9.70. The van der Waals surface area contributed by atoms with Crippen molar-refractivity contribution in [3.63, 3.8) is 0 Å². The van der Waals surface area contributed by atoms with Crippen molar-refractivity contribution in [2.75, 3.05) is 0 Å². The Morgan fingerprint density at radius 2 is 1.07 bits per heavy atom. The average Bonchev–Trinajstić information content (AvgIpc) is 2.81. The Morgan fingerprint density at radius 1 is 0.552 bits per heavy atom. The molecule has 0 spiro atoms. The van der Waals surface area contributed by atoms with Crippen molar-refractivity contribution in [1.82, 2.24) is 0 Å². The van der Waals surface area contributed by atoms with E-state index in [1.54, 1.807) is 0 Å². The van der Waals surface area contributed by atoms with Gasteiger partial charge in [-0.05, 0) is 24.3 Å². The van der Waals surface area contributed by atoms with Gasteiger partial charge in [-0.3, -0.25) is 0 Å². The number of hydrogen-bond donors (Lipinski definition) is 0. The van der Waals surface area contributed by atoms with Gasteiger partial charge in [-0.2, -0.15) is 0 Å². The van der Waals surface area contributed by atoms with Gasteiger partial charge in [-0.25, -0.2) is 0 Å². The maximum Gasteiger partial charge on any atom is 0.181 e. The van der Waals surface area contributed by atoms with Crippen LogP contribution in [0.25, 0.3) is 5.76 Å². The number of rotatable bonds is 4. The van der Waals surface area contributed by atoms with Gasteiger partial charge in [-0.15, -0.1) is 0 Å². The molecule has 0 fully saturated rings. The van der Waals surface area contributed by atoms with E-state index in [1.165, 1.54) is 0 Å². The normalized spacial score (nSPS) is 14.3. The first-order valence-corrected chi connectivity index (χ1v) is 9.70. The molecular formula is C27H20O2. The van der Waals surface area contributed by atoms with Crippen LogP contribution in [0.2, 0.25) is 0 Å². The third-order valence-electron chi connectivity index (χ3n) is 5.13. The summed E-state index contributed by atoms with van der Waals surface area (Å²) in [7, 11) is 0. The summed E-state index contributed by atoms with van der Waals surface area (Å²) in [6.45, 7) is 0. The Kier molecular flexibility index (Phi) is 4.38. The summed E-state index contributed by atoms with van der Waals surface area (Å²) in [6, 6.07) is 38.4. The van der Waals surface area contributed by atoms with Gasteiger partial charge in [0.15, 0.2) is 5.60 Å². The van der Waals surface area contributed by atoms with Gasteiger partial charge in [0.25, 0.3) is 0 Å². The summed E-state index contributed by atoms with van der Waals surface area (Å²) in [5.74, 6) is 2.38. The summed E-state index contributed by atoms with van der Waals surface area (Å²) in [4.78, 5) is 0. The smallest absolute Gasteiger partial charge is 0.181 e. The highest BCUT2D eigenvalue weighted by Gasteiger charge is 2.40. The molecule has 1 aliphatic heterocycles. The maximum atomic E-state index is 6.70. The SMILES string of the molecule is C1=C(Oc2ccccc2)c2ccccc2OC1(c1ccccc1)c1ccccc1. The van der Waals surface area contributed by atoms with E-state index in [9.17, 15) is 0 Å². The second-order valence-corrected chi connectivity index (χ2v) is 6.99. The highest BCUT2D eigenvalue weighted by atomic mass is 16.5. The van der Waals surface area contributed by atoms with Crippen molar-refractivity contribution >= 4 is 5.76 Å². The molecule has 4 aromatic carbocycles. The third-order valence-corrected chi connectivity index (χ3v) is 5.13. The fourth-order valence-electron chi connectivity index (χ4n) is 3.75. The van der Waals surface area contributed by atoms with Crippen molar-refractivity contribution in [1.29, 1.82) is 0 Å². The van der Waals surface area contributed by atoms with Gasteiger partial charge in [0.2, 0.25) is 0 Å². The molecule has 1 aliphatic rings. The molecule has 140 valence electrons. The summed E-state index contributed by atoms with van der Waals surface area (Å²) in [5, 5.41) is 0. The lowest BCUT2D eigenvalue weighted by molar-refractivity contribution is 0.156. The molecule has 0 saturated carbocycles. The Labute approximate surface area is 170 Å². The van der Waals surface area contributed by atoms with E-state index in [-0.39, 0.29) is 0 Å². The Morgan fingerprint density at radius 3 is 1.69 bits per heavy atom. The molecule has 0 amide bonds. The van der Waals surface area contributed by atoms with Crippen LogP contribution in [0.4, 0.5) is 0 Å². The monoisotopic (exact) mass is 376 g/mol. The van der Waals surface area contributed by atoms with E-state index in [0.717, 1.165) is 33.9 Å². The lowest BCUT2D eigenvalue weighted by atomic mass is 9.83. The standard InChI is InChI=1S/C27H20O2/c1-4-12-21(13-5-1)27(22-14-6-2-7-15-22)20-26(28-23-16-8-3-9-17-23)24-18-10-11-19-25(24)29-27/h1-20H. The van der Waals surface area contributed by atoms with Crippen LogP contribution >= 0.6 is 0 Å². The lowest BCUT2D eigenvalue weighted by Crippen LogP contribution is -2.35. The summed E-state index contributed by atoms with van der Waals surface area (Å²) < 4.78 is 13.1. The highest BCUT2D eigenvalue weighted by molar-refractivity contribution is 5.72. The third kappa shape index (κ3) is 3.19. The fourth-order valence-corrected chi connectivity index (χ4v) is 3.75. The molecule has 29 heavy (non-hydrogen) atoms. The summed E-state index contributed by atoms with van der Waals surface area (Å²) in [5.41, 5.74) is 2.27. The molecule has 0 aliphatic carbocycles. The molecule has 0 atom stereocenters. The van der Waals surface area contributed by atoms with Gasteiger partial charge in [0, 0.05) is 17.2 Å². The lowest BCUT2D eigenvalue weighted by Gasteiger charge is -2.37. The quantitative estimate of drug-likeness (QED) is 0.408. The zero-order valence-electron chi connectivity index (χ0n) is 15.9. The number of para-hydroxylation sites is 2. The molecule has 4 aromatic rings. The van der Waals surface area contributed by atoms with E-state index < -0.39 is 5.60 Å². The molecule has 0 bridgehead atoms. The predicted octanol–water partition coefficient (Wildman–Crippen LogP) is 6.44. The van der Waals surface area contributed by atoms with Gasteiger partial charge in [0.05, 0.1) is 5.56 Å². The fraction of sp³-hybridized carbons (Fsp3) is 0.0370. The van der Waals surface area contributed by atoms with Gasteiger partial charge in [-0.1, -0.05) is 91.0 Å². The van der Waals surface area contributed by atoms with E-state index >= 15 is 0 Å². The molecule has 0 aromatic heterocycles. The first-order chi connectivity index (χ1) is 14.4. The zero-order valence-corrected chi connectivity index (χ0v) is 15.9. The molecule has 2 nitrogen and oxygen atoms in total. The van der Waals surface area contributed by atoms with Crippen molar-refractivity contribution in [2.45, 2.75) is 5.60 Å². The highest BCUT2D eigenvalue weighted by Crippen LogP contribution is 2.45. The van der Waals surface area contributed by atoms with Crippen LogP contribution in [0.1, 0.15) is 16.7 Å². The minimum atomic E-state index is -0.777. The molecule has 5 rings (SSSR count). The van der Waals surface area contributed by atoms with Crippen LogP contribution in [0.15, 0.2) is 121 Å². The van der Waals surface area contributed by atoms with Crippen molar-refractivity contribution in [2.24, 2.45) is 0 Å². The summed E-state index contributed by atoms with van der Waals surface area (Å²) >= 11 is 0. The second-order valence-electron chi connectivity index (χ2n) is 6.99. The van der Waals surface area contributed by atoms with E-state index in [4.69, 9.17) is 9.47 Å². The molecule has 2 heteroatoms. The number of hydrogen-bond acceptors (Lipinski definition) is 2. The van der Waals surface area contributed by atoms with Crippen LogP contribution in [0.5, 0.6) is 11.5 Å². The van der Waals surface area contributed by atoms with Crippen LogP contribution in [-0.4, -0.2) is 0 Å². The number of fused-ring (bicyclic) bond motifs is 1. The van der Waals surface area contributed by atoms with Crippen LogP contribution in [-0.2, 0) is 5.60 Å². The Hall–Kier alpha value is -3.78. The van der Waals surface area contributed by atoms with Gasteiger partial charge in [0.1, 0.15) is 17.3 Å². The maximum absolute atomic E-state index is 6.70. The molecule has 1 heterocycles. The molecule has 0 saturated heterocycles. The Bertz CT molecular complexity index is 1090. The van der Waals surface area contributed by atoms with Gasteiger partial charge >= 0.3 is 0 Å². The van der Waals surface area contributed by atoms with Crippen molar-refractivity contribution in [3.05, 3.63) is 138 Å². The molecule has 0 unspecified atom stereocenters. The molecular weight excluding hydrogens is 356 g/mol. The zero-order chi connectivity index (χ0) is 19.5. The minimum absolute atomic E-state index is 0.777. The van der Waals surface area contributed by atoms with Crippen LogP contribution < -0.4 is 9.47 Å². The molecule has 0 radical (unpaired) electrons. The largest absolute Gasteiger partial charge is 0.473 e. The average molecular weight is 376 g/mol. The van der Waals surface area contributed by atoms with Crippen LogP contribution in [0, 0.1) is 0 Å².